The second-order valence-corrected chi connectivity index (χ2v) is 12.0. The Bertz CT molecular complexity index is 2560. The van der Waals surface area contributed by atoms with Gasteiger partial charge in [-0.15, -0.1) is 0 Å². The molecule has 9 rings (SSSR count). The summed E-state index contributed by atoms with van der Waals surface area (Å²) in [6.07, 6.45) is 0. The fraction of sp³-hybridized carbons (Fsp3) is 0. The molecule has 1 heterocycles. The molecule has 0 atom stereocenters. The van der Waals surface area contributed by atoms with Crippen LogP contribution in [0, 0.1) is 0 Å². The third-order valence-corrected chi connectivity index (χ3v) is 9.07. The first-order valence-electron chi connectivity index (χ1n) is 16.2. The third-order valence-electron chi connectivity index (χ3n) is 9.07. The van der Waals surface area contributed by atoms with Gasteiger partial charge in [-0.05, 0) is 92.8 Å². The van der Waals surface area contributed by atoms with Gasteiger partial charge in [-0.3, -0.25) is 0 Å². The number of hydrogen-bond acceptors (Lipinski definition) is 3. The SMILES string of the molecule is c1ccc(N(c2ccc(-c3cccc4nc(-c5cccc6ccccc56)oc34)cc2)c2cccc(-c3ccc4ccccc4c3)c2)cc1. The van der Waals surface area contributed by atoms with Crippen LogP contribution in [0.1, 0.15) is 0 Å². The lowest BCUT2D eigenvalue weighted by Gasteiger charge is -2.26. The van der Waals surface area contributed by atoms with E-state index in [2.05, 4.69) is 181 Å². The van der Waals surface area contributed by atoms with Crippen LogP contribution in [0.3, 0.4) is 0 Å². The fourth-order valence-electron chi connectivity index (χ4n) is 6.71. The van der Waals surface area contributed by atoms with Crippen molar-refractivity contribution in [1.82, 2.24) is 4.98 Å². The molecule has 0 amide bonds. The van der Waals surface area contributed by atoms with Gasteiger partial charge in [-0.2, -0.15) is 0 Å². The molecule has 48 heavy (non-hydrogen) atoms. The van der Waals surface area contributed by atoms with Crippen LogP contribution in [0.2, 0.25) is 0 Å². The van der Waals surface area contributed by atoms with E-state index in [1.165, 1.54) is 27.3 Å². The lowest BCUT2D eigenvalue weighted by molar-refractivity contribution is 0.621. The molecule has 0 saturated carbocycles. The minimum atomic E-state index is 0.632. The number of benzene rings is 8. The minimum absolute atomic E-state index is 0.632. The summed E-state index contributed by atoms with van der Waals surface area (Å²) in [5, 5.41) is 4.78. The number of anilines is 3. The van der Waals surface area contributed by atoms with Crippen molar-refractivity contribution in [1.29, 1.82) is 0 Å². The van der Waals surface area contributed by atoms with Crippen LogP contribution >= 0.6 is 0 Å². The first-order valence-corrected chi connectivity index (χ1v) is 16.2. The highest BCUT2D eigenvalue weighted by atomic mass is 16.3. The highest BCUT2D eigenvalue weighted by molar-refractivity contribution is 5.98. The Morgan fingerprint density at radius 3 is 1.90 bits per heavy atom. The van der Waals surface area contributed by atoms with Gasteiger partial charge in [-0.1, -0.05) is 127 Å². The molecular formula is C45H30N2O. The van der Waals surface area contributed by atoms with Crippen molar-refractivity contribution >= 4 is 49.7 Å². The maximum Gasteiger partial charge on any atom is 0.227 e. The zero-order valence-corrected chi connectivity index (χ0v) is 26.1. The van der Waals surface area contributed by atoms with Gasteiger partial charge in [0, 0.05) is 28.2 Å². The maximum atomic E-state index is 6.52. The molecule has 3 nitrogen and oxygen atoms in total. The molecule has 0 fully saturated rings. The zero-order valence-electron chi connectivity index (χ0n) is 26.1. The van der Waals surface area contributed by atoms with Crippen molar-refractivity contribution in [2.24, 2.45) is 0 Å². The zero-order chi connectivity index (χ0) is 31.9. The topological polar surface area (TPSA) is 29.3 Å². The van der Waals surface area contributed by atoms with E-state index in [0.29, 0.717) is 5.89 Å². The summed E-state index contributed by atoms with van der Waals surface area (Å²) < 4.78 is 6.52. The predicted molar refractivity (Wildman–Crippen MR) is 200 cm³/mol. The Labute approximate surface area is 279 Å². The van der Waals surface area contributed by atoms with Gasteiger partial charge >= 0.3 is 0 Å². The lowest BCUT2D eigenvalue weighted by Crippen LogP contribution is -2.09. The van der Waals surface area contributed by atoms with E-state index in [4.69, 9.17) is 9.40 Å². The van der Waals surface area contributed by atoms with E-state index in [1.807, 2.05) is 6.07 Å². The highest BCUT2D eigenvalue weighted by Gasteiger charge is 2.17. The number of rotatable bonds is 6. The molecule has 0 N–H and O–H groups in total. The summed E-state index contributed by atoms with van der Waals surface area (Å²) in [6, 6.07) is 64.0. The van der Waals surface area contributed by atoms with E-state index in [9.17, 15) is 0 Å². The van der Waals surface area contributed by atoms with Gasteiger partial charge in [0.15, 0.2) is 5.58 Å². The molecule has 0 radical (unpaired) electrons. The summed E-state index contributed by atoms with van der Waals surface area (Å²) in [4.78, 5) is 7.23. The normalized spacial score (nSPS) is 11.3. The molecule has 0 spiro atoms. The summed E-state index contributed by atoms with van der Waals surface area (Å²) in [5.74, 6) is 0.632. The monoisotopic (exact) mass is 614 g/mol. The Morgan fingerprint density at radius 2 is 1.02 bits per heavy atom. The number of fused-ring (bicyclic) bond motifs is 3. The fourth-order valence-corrected chi connectivity index (χ4v) is 6.71. The highest BCUT2D eigenvalue weighted by Crippen LogP contribution is 2.39. The van der Waals surface area contributed by atoms with Crippen LogP contribution in [0.5, 0.6) is 0 Å². The van der Waals surface area contributed by atoms with Gasteiger partial charge in [0.1, 0.15) is 5.52 Å². The first kappa shape index (κ1) is 27.8. The standard InChI is InChI=1S/C45H30N2O/c1-2-16-37(17-3-1)47(39-18-8-15-35(30-39)36-24-23-31-11-4-5-13-34(31)29-36)38-27-25-33(26-28-38)41-20-10-22-43-44(41)48-45(46-43)42-21-9-14-32-12-6-7-19-40(32)42/h1-30H. The van der Waals surface area contributed by atoms with E-state index >= 15 is 0 Å². The van der Waals surface area contributed by atoms with E-state index < -0.39 is 0 Å². The van der Waals surface area contributed by atoms with Crippen LogP contribution in [0.25, 0.3) is 66.4 Å². The van der Waals surface area contributed by atoms with Gasteiger partial charge in [0.25, 0.3) is 0 Å². The van der Waals surface area contributed by atoms with E-state index in [1.54, 1.807) is 0 Å². The van der Waals surface area contributed by atoms with E-state index in [0.717, 1.165) is 50.2 Å². The van der Waals surface area contributed by atoms with Crippen molar-refractivity contribution in [3.63, 3.8) is 0 Å². The quantitative estimate of drug-likeness (QED) is 0.187. The summed E-state index contributed by atoms with van der Waals surface area (Å²) in [7, 11) is 0. The van der Waals surface area contributed by atoms with Crippen molar-refractivity contribution < 1.29 is 4.42 Å². The summed E-state index contributed by atoms with van der Waals surface area (Å²) in [5.41, 5.74) is 10.3. The lowest BCUT2D eigenvalue weighted by atomic mass is 10.00. The van der Waals surface area contributed by atoms with Crippen molar-refractivity contribution in [3.05, 3.63) is 182 Å². The molecule has 0 aliphatic heterocycles. The Kier molecular flexibility index (Phi) is 6.80. The molecule has 226 valence electrons. The molecule has 0 saturated heterocycles. The maximum absolute atomic E-state index is 6.52. The number of nitrogens with zero attached hydrogens (tertiary/aromatic N) is 2. The van der Waals surface area contributed by atoms with Crippen LogP contribution in [0.15, 0.2) is 186 Å². The van der Waals surface area contributed by atoms with E-state index in [-0.39, 0.29) is 0 Å². The van der Waals surface area contributed by atoms with Gasteiger partial charge in [-0.25, -0.2) is 4.98 Å². The van der Waals surface area contributed by atoms with Crippen LogP contribution in [-0.4, -0.2) is 4.98 Å². The Morgan fingerprint density at radius 1 is 0.396 bits per heavy atom. The first-order chi connectivity index (χ1) is 23.8. The smallest absolute Gasteiger partial charge is 0.227 e. The molecule has 8 aromatic carbocycles. The van der Waals surface area contributed by atoms with Gasteiger partial charge in [0.05, 0.1) is 0 Å². The molecule has 0 unspecified atom stereocenters. The second-order valence-electron chi connectivity index (χ2n) is 12.0. The molecule has 0 bridgehead atoms. The number of para-hydroxylation sites is 2. The molecule has 0 aliphatic carbocycles. The van der Waals surface area contributed by atoms with Crippen molar-refractivity contribution in [2.75, 3.05) is 4.90 Å². The Balaban J connectivity index is 1.10. The molecule has 0 aliphatic rings. The average molecular weight is 615 g/mol. The molecule has 3 heteroatoms. The molecular weight excluding hydrogens is 585 g/mol. The van der Waals surface area contributed by atoms with Crippen LogP contribution < -0.4 is 4.90 Å². The van der Waals surface area contributed by atoms with Gasteiger partial charge < -0.3 is 9.32 Å². The largest absolute Gasteiger partial charge is 0.435 e. The number of oxazole rings is 1. The van der Waals surface area contributed by atoms with Crippen molar-refractivity contribution in [3.8, 4) is 33.7 Å². The molecule has 1 aromatic heterocycles. The second kappa shape index (κ2) is 11.7. The molecule has 9 aromatic rings. The number of hydrogen-bond donors (Lipinski definition) is 0. The average Bonchev–Trinajstić information content (AvgIpc) is 3.60. The predicted octanol–water partition coefficient (Wildman–Crippen LogP) is 12.6. The van der Waals surface area contributed by atoms with Crippen molar-refractivity contribution in [2.45, 2.75) is 0 Å². The Hall–Kier alpha value is -6.45. The van der Waals surface area contributed by atoms with Crippen LogP contribution in [-0.2, 0) is 0 Å². The summed E-state index contributed by atoms with van der Waals surface area (Å²) >= 11 is 0. The van der Waals surface area contributed by atoms with Gasteiger partial charge in [0.2, 0.25) is 5.89 Å². The summed E-state index contributed by atoms with van der Waals surface area (Å²) in [6.45, 7) is 0. The third kappa shape index (κ3) is 4.99. The minimum Gasteiger partial charge on any atom is -0.435 e. The van der Waals surface area contributed by atoms with Crippen LogP contribution in [0.4, 0.5) is 17.1 Å². The number of aromatic nitrogens is 1.